The predicted molar refractivity (Wildman–Crippen MR) is 59.0 cm³/mol. The molecule has 1 aromatic heterocycles. The van der Waals surface area contributed by atoms with Crippen molar-refractivity contribution in [3.8, 4) is 0 Å². The summed E-state index contributed by atoms with van der Waals surface area (Å²) in [5.74, 6) is 1.14. The average Bonchev–Trinajstić information content (AvgIpc) is 2.47. The maximum atomic E-state index is 10.8. The second-order valence-corrected chi connectivity index (χ2v) is 4.49. The van der Waals surface area contributed by atoms with E-state index < -0.39 is 5.97 Å². The molecule has 0 amide bonds. The van der Waals surface area contributed by atoms with E-state index >= 15 is 0 Å². The molecule has 15 heavy (non-hydrogen) atoms. The zero-order chi connectivity index (χ0) is 11.4. The van der Waals surface area contributed by atoms with Crippen molar-refractivity contribution in [2.45, 2.75) is 38.2 Å². The van der Waals surface area contributed by atoms with Crippen LogP contribution in [-0.4, -0.2) is 21.3 Å². The first-order valence-corrected chi connectivity index (χ1v) is 5.86. The van der Waals surface area contributed by atoms with Crippen LogP contribution in [0, 0.1) is 13.8 Å². The number of aliphatic carboxylic acids is 1. The smallest absolute Gasteiger partial charge is 0.316 e. The third-order valence-corrected chi connectivity index (χ3v) is 3.48. The summed E-state index contributed by atoms with van der Waals surface area (Å²) < 4.78 is 5.36. The minimum absolute atomic E-state index is 0.377. The van der Waals surface area contributed by atoms with Crippen molar-refractivity contribution in [2.24, 2.45) is 0 Å². The number of carbonyl (C=O) groups is 1. The highest BCUT2D eigenvalue weighted by molar-refractivity contribution is 7.99. The minimum atomic E-state index is -0.775. The number of aryl methyl sites for hydroxylation is 2. The van der Waals surface area contributed by atoms with Crippen LogP contribution < -0.4 is 0 Å². The summed E-state index contributed by atoms with van der Waals surface area (Å²) in [7, 11) is 0. The van der Waals surface area contributed by atoms with E-state index in [1.807, 2.05) is 20.8 Å². The normalized spacial score (nSPS) is 12.7. The van der Waals surface area contributed by atoms with Crippen molar-refractivity contribution in [2.75, 3.05) is 0 Å². The Labute approximate surface area is 93.1 Å². The van der Waals surface area contributed by atoms with Gasteiger partial charge in [0.1, 0.15) is 11.0 Å². The number of oxazole rings is 1. The maximum absolute atomic E-state index is 10.8. The molecule has 1 aromatic rings. The molecule has 0 spiro atoms. The van der Waals surface area contributed by atoms with Gasteiger partial charge in [-0.15, -0.1) is 11.8 Å². The van der Waals surface area contributed by atoms with Crippen LogP contribution in [0.15, 0.2) is 4.42 Å². The Kier molecular flexibility index (Phi) is 4.20. The number of hydrogen-bond donors (Lipinski definition) is 1. The molecule has 0 fully saturated rings. The van der Waals surface area contributed by atoms with Crippen LogP contribution in [0.1, 0.15) is 30.7 Å². The third-order valence-electron chi connectivity index (χ3n) is 2.13. The van der Waals surface area contributed by atoms with Crippen molar-refractivity contribution in [3.63, 3.8) is 0 Å². The van der Waals surface area contributed by atoms with Gasteiger partial charge >= 0.3 is 5.97 Å². The summed E-state index contributed by atoms with van der Waals surface area (Å²) >= 11 is 1.35. The van der Waals surface area contributed by atoms with Crippen molar-refractivity contribution in [1.82, 2.24) is 4.98 Å². The van der Waals surface area contributed by atoms with Gasteiger partial charge in [0.15, 0.2) is 0 Å². The molecule has 5 heteroatoms. The number of nitrogens with zero attached hydrogens (tertiary/aromatic N) is 1. The summed E-state index contributed by atoms with van der Waals surface area (Å²) in [5.41, 5.74) is 0.869. The van der Waals surface area contributed by atoms with Gasteiger partial charge in [-0.1, -0.05) is 6.92 Å². The summed E-state index contributed by atoms with van der Waals surface area (Å²) in [6.07, 6.45) is 0.610. The molecule has 0 bridgehead atoms. The number of aromatic nitrogens is 1. The fraction of sp³-hybridized carbons (Fsp3) is 0.600. The van der Waals surface area contributed by atoms with Crippen LogP contribution in [0.2, 0.25) is 0 Å². The van der Waals surface area contributed by atoms with E-state index in [4.69, 9.17) is 9.52 Å². The first-order valence-electron chi connectivity index (χ1n) is 4.82. The number of thioether (sulfide) groups is 1. The molecular formula is C10H15NO3S. The third kappa shape index (κ3) is 3.27. The lowest BCUT2D eigenvalue weighted by atomic mass is 10.3. The molecule has 84 valence electrons. The topological polar surface area (TPSA) is 63.3 Å². The highest BCUT2D eigenvalue weighted by Gasteiger charge is 2.17. The fourth-order valence-electron chi connectivity index (χ4n) is 1.14. The Morgan fingerprint density at radius 3 is 2.67 bits per heavy atom. The first kappa shape index (κ1) is 12.1. The largest absolute Gasteiger partial charge is 0.480 e. The van der Waals surface area contributed by atoms with Gasteiger partial charge < -0.3 is 9.52 Å². The second kappa shape index (κ2) is 5.21. The molecule has 0 aromatic carbocycles. The predicted octanol–water partition coefficient (Wildman–Crippen LogP) is 2.39. The fourth-order valence-corrected chi connectivity index (χ4v) is 1.98. The van der Waals surface area contributed by atoms with Crippen molar-refractivity contribution < 1.29 is 14.3 Å². The standard InChI is InChI=1S/C10H15NO3S/c1-4-8(10(12)13)15-5-9-11-6(2)7(3)14-9/h8H,4-5H2,1-3H3,(H,12,13). The zero-order valence-corrected chi connectivity index (χ0v) is 9.93. The Hall–Kier alpha value is -0.970. The average molecular weight is 229 g/mol. The van der Waals surface area contributed by atoms with Crippen LogP contribution in [0.4, 0.5) is 0 Å². The lowest BCUT2D eigenvalue weighted by Gasteiger charge is -2.06. The van der Waals surface area contributed by atoms with E-state index in [1.165, 1.54) is 11.8 Å². The van der Waals surface area contributed by atoms with Gasteiger partial charge in [0.2, 0.25) is 5.89 Å². The van der Waals surface area contributed by atoms with Crippen molar-refractivity contribution in [1.29, 1.82) is 0 Å². The molecule has 0 aliphatic heterocycles. The molecule has 1 rings (SSSR count). The molecule has 4 nitrogen and oxygen atoms in total. The van der Waals surface area contributed by atoms with Crippen LogP contribution in [0.5, 0.6) is 0 Å². The van der Waals surface area contributed by atoms with Crippen LogP contribution in [0.25, 0.3) is 0 Å². The molecule has 0 saturated heterocycles. The molecule has 1 unspecified atom stereocenters. The summed E-state index contributed by atoms with van der Waals surface area (Å²) in [4.78, 5) is 14.9. The summed E-state index contributed by atoms with van der Waals surface area (Å²) in [5, 5.41) is 8.46. The number of hydrogen-bond acceptors (Lipinski definition) is 4. The number of carboxylic acid groups (broad SMARTS) is 1. The van der Waals surface area contributed by atoms with Crippen LogP contribution >= 0.6 is 11.8 Å². The Bertz CT molecular complexity index is 329. The van der Waals surface area contributed by atoms with Gasteiger partial charge in [0.25, 0.3) is 0 Å². The van der Waals surface area contributed by atoms with Gasteiger partial charge in [-0.05, 0) is 20.3 Å². The van der Waals surface area contributed by atoms with Gasteiger partial charge in [-0.25, -0.2) is 4.98 Å². The minimum Gasteiger partial charge on any atom is -0.480 e. The van der Waals surface area contributed by atoms with E-state index in [-0.39, 0.29) is 5.25 Å². The lowest BCUT2D eigenvalue weighted by molar-refractivity contribution is -0.136. The van der Waals surface area contributed by atoms with Gasteiger partial charge in [-0.2, -0.15) is 0 Å². The molecule has 0 aliphatic rings. The van der Waals surface area contributed by atoms with E-state index in [9.17, 15) is 4.79 Å². The Morgan fingerprint density at radius 1 is 1.60 bits per heavy atom. The van der Waals surface area contributed by atoms with Gasteiger partial charge in [0.05, 0.1) is 11.4 Å². The van der Waals surface area contributed by atoms with Crippen LogP contribution in [-0.2, 0) is 10.5 Å². The number of rotatable bonds is 5. The SMILES string of the molecule is CCC(SCc1nc(C)c(C)o1)C(=O)O. The number of carboxylic acids is 1. The van der Waals surface area contributed by atoms with Crippen molar-refractivity contribution >= 4 is 17.7 Å². The summed E-state index contributed by atoms with van der Waals surface area (Å²) in [6.45, 7) is 5.59. The van der Waals surface area contributed by atoms with Gasteiger partial charge in [-0.3, -0.25) is 4.79 Å². The molecule has 0 radical (unpaired) electrons. The van der Waals surface area contributed by atoms with E-state index in [1.54, 1.807) is 0 Å². The van der Waals surface area contributed by atoms with E-state index in [0.29, 0.717) is 18.1 Å². The van der Waals surface area contributed by atoms with E-state index in [2.05, 4.69) is 4.98 Å². The first-order chi connectivity index (χ1) is 7.04. The van der Waals surface area contributed by atoms with Crippen molar-refractivity contribution in [3.05, 3.63) is 17.3 Å². The van der Waals surface area contributed by atoms with Gasteiger partial charge in [0, 0.05) is 0 Å². The molecule has 0 aliphatic carbocycles. The Morgan fingerprint density at radius 2 is 2.27 bits per heavy atom. The highest BCUT2D eigenvalue weighted by Crippen LogP contribution is 2.21. The Balaban J connectivity index is 2.52. The molecule has 1 atom stereocenters. The lowest BCUT2D eigenvalue weighted by Crippen LogP contribution is -2.15. The highest BCUT2D eigenvalue weighted by atomic mass is 32.2. The van der Waals surface area contributed by atoms with Crippen LogP contribution in [0.3, 0.4) is 0 Å². The molecule has 1 heterocycles. The summed E-state index contributed by atoms with van der Waals surface area (Å²) in [6, 6.07) is 0. The second-order valence-electron chi connectivity index (χ2n) is 3.30. The monoisotopic (exact) mass is 229 g/mol. The van der Waals surface area contributed by atoms with E-state index in [0.717, 1.165) is 11.5 Å². The zero-order valence-electron chi connectivity index (χ0n) is 9.11. The molecule has 0 saturated carbocycles. The molecule has 1 N–H and O–H groups in total. The maximum Gasteiger partial charge on any atom is 0.316 e. The molecular weight excluding hydrogens is 214 g/mol. The quantitative estimate of drug-likeness (QED) is 0.839.